The molecule has 94 valence electrons. The van der Waals surface area contributed by atoms with E-state index in [1.165, 1.54) is 0 Å². The van der Waals surface area contributed by atoms with E-state index in [-0.39, 0.29) is 13.1 Å². The van der Waals surface area contributed by atoms with Crippen molar-refractivity contribution in [3.8, 4) is 0 Å². The van der Waals surface area contributed by atoms with E-state index < -0.39 is 30.1 Å². The van der Waals surface area contributed by atoms with Crippen LogP contribution >= 0.6 is 0 Å². The molecule has 1 N–H and O–H groups in total. The molecule has 16 heavy (non-hydrogen) atoms. The third kappa shape index (κ3) is 3.30. The molecule has 1 saturated heterocycles. The summed E-state index contributed by atoms with van der Waals surface area (Å²) in [5.41, 5.74) is -0.704. The van der Waals surface area contributed by atoms with Gasteiger partial charge < -0.3 is 14.7 Å². The number of ether oxygens (including phenoxy) is 1. The molecule has 1 aliphatic rings. The number of hydrogen-bond donors (Lipinski definition) is 1. The average molecular weight is 237 g/mol. The summed E-state index contributed by atoms with van der Waals surface area (Å²) in [5, 5.41) is 9.05. The second kappa shape index (κ2) is 4.53. The molecule has 1 fully saturated rings. The van der Waals surface area contributed by atoms with Gasteiger partial charge in [-0.15, -0.1) is 0 Å². The number of amides is 1. The predicted octanol–water partition coefficient (Wildman–Crippen LogP) is 1.27. The second-order valence-corrected chi connectivity index (χ2v) is 4.91. The van der Waals surface area contributed by atoms with Gasteiger partial charge in [0.05, 0.1) is 13.1 Å². The van der Waals surface area contributed by atoms with Crippen LogP contribution in [0.2, 0.25) is 0 Å². The third-order valence-corrected chi connectivity index (χ3v) is 2.18. The lowest BCUT2D eigenvalue weighted by atomic mass is 10.1. The molecule has 0 aliphatic carbocycles. The van der Waals surface area contributed by atoms with Crippen LogP contribution < -0.4 is 0 Å². The number of nitrogens with zero attached hydrogens (tertiary/aromatic N) is 1. The fourth-order valence-corrected chi connectivity index (χ4v) is 1.41. The van der Waals surface area contributed by atoms with Gasteiger partial charge in [0.15, 0.2) is 0 Å². The minimum absolute atomic E-state index is 0.337. The lowest BCUT2D eigenvalue weighted by molar-refractivity contribution is -0.0563. The monoisotopic (exact) mass is 237 g/mol. The molecule has 0 bridgehead atoms. The van der Waals surface area contributed by atoms with Crippen LogP contribution in [0.4, 0.5) is 13.6 Å². The molecule has 1 rings (SSSR count). The van der Waals surface area contributed by atoms with Crippen LogP contribution in [0.15, 0.2) is 0 Å². The quantitative estimate of drug-likeness (QED) is 0.690. The zero-order valence-corrected chi connectivity index (χ0v) is 9.61. The van der Waals surface area contributed by atoms with E-state index in [1.54, 1.807) is 20.8 Å². The Morgan fingerprint density at radius 3 is 2.12 bits per heavy atom. The lowest BCUT2D eigenvalue weighted by Gasteiger charge is -2.35. The largest absolute Gasteiger partial charge is 0.444 e. The number of carbonyl (C=O) groups excluding carboxylic acids is 1. The number of hydrogen-bond acceptors (Lipinski definition) is 3. The van der Waals surface area contributed by atoms with Crippen LogP contribution in [0.3, 0.4) is 0 Å². The summed E-state index contributed by atoms with van der Waals surface area (Å²) >= 11 is 0. The molecular formula is C10H17F2NO3. The highest BCUT2D eigenvalue weighted by Crippen LogP contribution is 2.19. The van der Waals surface area contributed by atoms with Crippen LogP contribution in [-0.4, -0.2) is 53.2 Å². The molecule has 3 atom stereocenters. The molecule has 1 aliphatic heterocycles. The van der Waals surface area contributed by atoms with E-state index in [4.69, 9.17) is 9.84 Å². The Hall–Kier alpha value is -0.910. The smallest absolute Gasteiger partial charge is 0.410 e. The summed E-state index contributed by atoms with van der Waals surface area (Å²) in [4.78, 5) is 12.4. The van der Waals surface area contributed by atoms with Crippen molar-refractivity contribution in [2.24, 2.45) is 0 Å². The summed E-state index contributed by atoms with van der Waals surface area (Å²) in [5.74, 6) is 0. The maximum absolute atomic E-state index is 13.1. The molecule has 4 nitrogen and oxygen atoms in total. The highest BCUT2D eigenvalue weighted by molar-refractivity contribution is 5.68. The Kier molecular flexibility index (Phi) is 3.72. The minimum atomic E-state index is -1.77. The van der Waals surface area contributed by atoms with Gasteiger partial charge in [-0.25, -0.2) is 13.6 Å². The van der Waals surface area contributed by atoms with Crippen molar-refractivity contribution in [1.82, 2.24) is 4.90 Å². The van der Waals surface area contributed by atoms with E-state index in [0.717, 1.165) is 4.90 Å². The SMILES string of the molecule is CC(C)(C)OC(=O)N1C[C@@H](F)[C@H](O)[C@@H](F)C1. The molecule has 1 heterocycles. The number of carbonyl (C=O) groups is 1. The minimum Gasteiger partial charge on any atom is -0.444 e. The molecular weight excluding hydrogens is 220 g/mol. The highest BCUT2D eigenvalue weighted by Gasteiger charge is 2.39. The summed E-state index contributed by atoms with van der Waals surface area (Å²) in [6.45, 7) is 4.34. The van der Waals surface area contributed by atoms with E-state index in [9.17, 15) is 13.6 Å². The standard InChI is InChI=1S/C10H17F2NO3/c1-10(2,3)16-9(15)13-4-6(11)8(14)7(12)5-13/h6-8,14H,4-5H2,1-3H3/t6-,7+,8+. The maximum Gasteiger partial charge on any atom is 0.410 e. The number of aliphatic hydroxyl groups excluding tert-OH is 1. The number of rotatable bonds is 0. The summed E-state index contributed by atoms with van der Waals surface area (Å²) in [7, 11) is 0. The number of aliphatic hydroxyl groups is 1. The Bertz CT molecular complexity index is 255. The topological polar surface area (TPSA) is 49.8 Å². The molecule has 0 radical (unpaired) electrons. The number of likely N-dealkylation sites (tertiary alicyclic amines) is 1. The lowest BCUT2D eigenvalue weighted by Crippen LogP contribution is -2.54. The van der Waals surface area contributed by atoms with Gasteiger partial charge in [-0.3, -0.25) is 0 Å². The van der Waals surface area contributed by atoms with E-state index in [0.29, 0.717) is 0 Å². The second-order valence-electron chi connectivity index (χ2n) is 4.91. The van der Waals surface area contributed by atoms with E-state index >= 15 is 0 Å². The predicted molar refractivity (Wildman–Crippen MR) is 53.6 cm³/mol. The van der Waals surface area contributed by atoms with Gasteiger partial charge in [0.25, 0.3) is 0 Å². The Balaban J connectivity index is 2.58. The molecule has 0 aromatic carbocycles. The van der Waals surface area contributed by atoms with Crippen molar-refractivity contribution in [1.29, 1.82) is 0 Å². The van der Waals surface area contributed by atoms with E-state index in [2.05, 4.69) is 0 Å². The summed E-state index contributed by atoms with van der Waals surface area (Å²) < 4.78 is 31.2. The maximum atomic E-state index is 13.1. The van der Waals surface area contributed by atoms with Crippen LogP contribution in [0, 0.1) is 0 Å². The number of halogens is 2. The fraction of sp³-hybridized carbons (Fsp3) is 0.900. The molecule has 0 saturated carbocycles. The molecule has 0 spiro atoms. The first-order valence-electron chi connectivity index (χ1n) is 5.15. The van der Waals surface area contributed by atoms with Gasteiger partial charge in [0.1, 0.15) is 24.0 Å². The van der Waals surface area contributed by atoms with Gasteiger partial charge in [0, 0.05) is 0 Å². The van der Waals surface area contributed by atoms with E-state index in [1.807, 2.05) is 0 Å². The van der Waals surface area contributed by atoms with Gasteiger partial charge in [-0.2, -0.15) is 0 Å². The van der Waals surface area contributed by atoms with Crippen LogP contribution in [0.5, 0.6) is 0 Å². The van der Waals surface area contributed by atoms with Crippen molar-refractivity contribution in [2.75, 3.05) is 13.1 Å². The molecule has 0 aromatic heterocycles. The molecule has 0 aromatic rings. The van der Waals surface area contributed by atoms with Crippen molar-refractivity contribution < 1.29 is 23.4 Å². The van der Waals surface area contributed by atoms with Crippen molar-refractivity contribution in [3.63, 3.8) is 0 Å². The normalized spacial score (nSPS) is 31.4. The van der Waals surface area contributed by atoms with Crippen molar-refractivity contribution >= 4 is 6.09 Å². The Morgan fingerprint density at radius 1 is 1.31 bits per heavy atom. The summed E-state index contributed by atoms with van der Waals surface area (Å²) in [6.07, 6.45) is -5.95. The first-order valence-corrected chi connectivity index (χ1v) is 5.15. The number of piperidine rings is 1. The van der Waals surface area contributed by atoms with Crippen molar-refractivity contribution in [2.45, 2.75) is 44.8 Å². The average Bonchev–Trinajstić information content (AvgIpc) is 2.10. The van der Waals surface area contributed by atoms with Crippen LogP contribution in [-0.2, 0) is 4.74 Å². The summed E-state index contributed by atoms with van der Waals surface area (Å²) in [6, 6.07) is 0. The molecule has 6 heteroatoms. The first-order chi connectivity index (χ1) is 7.20. The van der Waals surface area contributed by atoms with Crippen molar-refractivity contribution in [3.05, 3.63) is 0 Å². The van der Waals surface area contributed by atoms with Gasteiger partial charge >= 0.3 is 6.09 Å². The van der Waals surface area contributed by atoms with Crippen LogP contribution in [0.1, 0.15) is 20.8 Å². The Morgan fingerprint density at radius 2 is 1.75 bits per heavy atom. The van der Waals surface area contributed by atoms with Gasteiger partial charge in [-0.1, -0.05) is 0 Å². The fourth-order valence-electron chi connectivity index (χ4n) is 1.41. The Labute approximate surface area is 93.2 Å². The third-order valence-electron chi connectivity index (χ3n) is 2.18. The molecule has 0 unspecified atom stereocenters. The molecule has 1 amide bonds. The first kappa shape index (κ1) is 13.2. The number of alkyl halides is 2. The zero-order valence-electron chi connectivity index (χ0n) is 9.61. The highest BCUT2D eigenvalue weighted by atomic mass is 19.1. The van der Waals surface area contributed by atoms with Crippen LogP contribution in [0.25, 0.3) is 0 Å². The van der Waals surface area contributed by atoms with Gasteiger partial charge in [0.2, 0.25) is 0 Å². The zero-order chi connectivity index (χ0) is 12.5. The van der Waals surface area contributed by atoms with Gasteiger partial charge in [-0.05, 0) is 20.8 Å².